The SMILES string of the molecule is CC(=O)NC1CN(C(=O)c2cccc(N(C)C)c2)C2(CCNCC2)C1. The molecule has 6 nitrogen and oxygen atoms in total. The second-order valence-corrected chi connectivity index (χ2v) is 7.44. The lowest BCUT2D eigenvalue weighted by molar-refractivity contribution is -0.119. The number of anilines is 1. The molecule has 1 unspecified atom stereocenters. The third kappa shape index (κ3) is 3.63. The van der Waals surface area contributed by atoms with Crippen molar-refractivity contribution in [1.82, 2.24) is 15.5 Å². The number of nitrogens with one attached hydrogen (secondary N) is 2. The van der Waals surface area contributed by atoms with Gasteiger partial charge in [-0.05, 0) is 50.6 Å². The van der Waals surface area contributed by atoms with Gasteiger partial charge in [-0.1, -0.05) is 6.07 Å². The molecule has 136 valence electrons. The molecule has 0 saturated carbocycles. The van der Waals surface area contributed by atoms with E-state index in [1.807, 2.05) is 48.2 Å². The van der Waals surface area contributed by atoms with E-state index in [1.54, 1.807) is 6.92 Å². The topological polar surface area (TPSA) is 64.7 Å². The Morgan fingerprint density at radius 2 is 2.00 bits per heavy atom. The molecule has 1 spiro atoms. The van der Waals surface area contributed by atoms with Crippen LogP contribution in [0.4, 0.5) is 5.69 Å². The standard InChI is InChI=1S/C19H28N4O2/c1-14(24)21-16-12-19(7-9-20-10-8-19)23(13-16)18(25)15-5-4-6-17(11-15)22(2)3/h4-6,11,16,20H,7-10,12-13H2,1-3H3,(H,21,24). The summed E-state index contributed by atoms with van der Waals surface area (Å²) >= 11 is 0. The quantitative estimate of drug-likeness (QED) is 0.866. The number of carbonyl (C=O) groups is 2. The lowest BCUT2D eigenvalue weighted by Crippen LogP contribution is -2.53. The average molecular weight is 344 g/mol. The van der Waals surface area contributed by atoms with Crippen molar-refractivity contribution in [2.24, 2.45) is 0 Å². The van der Waals surface area contributed by atoms with E-state index in [4.69, 9.17) is 0 Å². The normalized spacial score (nSPS) is 22.0. The van der Waals surface area contributed by atoms with Crippen molar-refractivity contribution in [2.45, 2.75) is 37.8 Å². The molecule has 1 aromatic carbocycles. The van der Waals surface area contributed by atoms with Gasteiger partial charge in [0.25, 0.3) is 5.91 Å². The van der Waals surface area contributed by atoms with Crippen LogP contribution in [0.15, 0.2) is 24.3 Å². The molecule has 1 aromatic rings. The summed E-state index contributed by atoms with van der Waals surface area (Å²) in [5.41, 5.74) is 1.58. The zero-order valence-corrected chi connectivity index (χ0v) is 15.3. The summed E-state index contributed by atoms with van der Waals surface area (Å²) in [6, 6.07) is 7.80. The Bertz CT molecular complexity index is 653. The van der Waals surface area contributed by atoms with E-state index < -0.39 is 0 Å². The van der Waals surface area contributed by atoms with Crippen LogP contribution >= 0.6 is 0 Å². The summed E-state index contributed by atoms with van der Waals surface area (Å²) in [4.78, 5) is 28.8. The molecule has 6 heteroatoms. The summed E-state index contributed by atoms with van der Waals surface area (Å²) in [7, 11) is 3.95. The molecule has 0 bridgehead atoms. The lowest BCUT2D eigenvalue weighted by atomic mass is 9.84. The molecule has 0 aliphatic carbocycles. The fourth-order valence-corrected chi connectivity index (χ4v) is 4.17. The Balaban J connectivity index is 1.87. The summed E-state index contributed by atoms with van der Waals surface area (Å²) in [5.74, 6) is 0.0384. The monoisotopic (exact) mass is 344 g/mol. The molecular weight excluding hydrogens is 316 g/mol. The van der Waals surface area contributed by atoms with Gasteiger partial charge in [0.05, 0.1) is 0 Å². The maximum absolute atomic E-state index is 13.3. The Morgan fingerprint density at radius 3 is 2.64 bits per heavy atom. The average Bonchev–Trinajstić information content (AvgIpc) is 2.91. The molecule has 2 saturated heterocycles. The highest BCUT2D eigenvalue weighted by atomic mass is 16.2. The second-order valence-electron chi connectivity index (χ2n) is 7.44. The van der Waals surface area contributed by atoms with Crippen molar-refractivity contribution >= 4 is 17.5 Å². The van der Waals surface area contributed by atoms with Crippen molar-refractivity contribution in [3.8, 4) is 0 Å². The molecule has 0 aromatic heterocycles. The first-order valence-corrected chi connectivity index (χ1v) is 8.98. The van der Waals surface area contributed by atoms with Crippen LogP contribution in [0.2, 0.25) is 0 Å². The van der Waals surface area contributed by atoms with Crippen LogP contribution in [0.25, 0.3) is 0 Å². The summed E-state index contributed by atoms with van der Waals surface area (Å²) < 4.78 is 0. The van der Waals surface area contributed by atoms with E-state index in [9.17, 15) is 9.59 Å². The number of likely N-dealkylation sites (tertiary alicyclic amines) is 1. The second kappa shape index (κ2) is 7.04. The molecular formula is C19H28N4O2. The van der Waals surface area contributed by atoms with Crippen molar-refractivity contribution in [2.75, 3.05) is 38.6 Å². The van der Waals surface area contributed by atoms with E-state index in [0.29, 0.717) is 12.1 Å². The largest absolute Gasteiger partial charge is 0.378 e. The van der Waals surface area contributed by atoms with Crippen LogP contribution in [0.3, 0.4) is 0 Å². The Kier molecular flexibility index (Phi) is 4.99. The predicted octanol–water partition coefficient (Wildman–Crippen LogP) is 1.23. The fraction of sp³-hybridized carbons (Fsp3) is 0.579. The molecule has 3 rings (SSSR count). The van der Waals surface area contributed by atoms with E-state index >= 15 is 0 Å². The maximum atomic E-state index is 13.3. The predicted molar refractivity (Wildman–Crippen MR) is 98.9 cm³/mol. The van der Waals surface area contributed by atoms with Crippen LogP contribution in [0.5, 0.6) is 0 Å². The van der Waals surface area contributed by atoms with Gasteiger partial charge in [-0.25, -0.2) is 0 Å². The lowest BCUT2D eigenvalue weighted by Gasteiger charge is -2.41. The van der Waals surface area contributed by atoms with Crippen LogP contribution in [0.1, 0.15) is 36.5 Å². The summed E-state index contributed by atoms with van der Waals surface area (Å²) in [6.45, 7) is 3.95. The number of amides is 2. The molecule has 0 radical (unpaired) electrons. The van der Waals surface area contributed by atoms with Crippen LogP contribution in [-0.4, -0.2) is 62.0 Å². The van der Waals surface area contributed by atoms with E-state index in [1.165, 1.54) is 0 Å². The van der Waals surface area contributed by atoms with Crippen molar-refractivity contribution < 1.29 is 9.59 Å². The van der Waals surface area contributed by atoms with Crippen molar-refractivity contribution in [1.29, 1.82) is 0 Å². The van der Waals surface area contributed by atoms with Gasteiger partial charge in [-0.15, -0.1) is 0 Å². The molecule has 2 aliphatic rings. The van der Waals surface area contributed by atoms with Gasteiger partial charge >= 0.3 is 0 Å². The number of hydrogen-bond acceptors (Lipinski definition) is 4. The zero-order valence-electron chi connectivity index (χ0n) is 15.3. The number of hydrogen-bond donors (Lipinski definition) is 2. The molecule has 1 atom stereocenters. The minimum atomic E-state index is -0.149. The zero-order chi connectivity index (χ0) is 18.0. The number of piperidine rings is 1. The van der Waals surface area contributed by atoms with Crippen LogP contribution in [-0.2, 0) is 4.79 Å². The number of carbonyl (C=O) groups excluding carboxylic acids is 2. The number of benzene rings is 1. The highest BCUT2D eigenvalue weighted by Gasteiger charge is 2.48. The van der Waals surface area contributed by atoms with Gasteiger partial charge < -0.3 is 20.4 Å². The minimum absolute atomic E-state index is 0.0296. The van der Waals surface area contributed by atoms with Gasteiger partial charge in [0.1, 0.15) is 0 Å². The molecule has 2 N–H and O–H groups in total. The van der Waals surface area contributed by atoms with Gasteiger partial charge in [0.15, 0.2) is 0 Å². The third-order valence-electron chi connectivity index (χ3n) is 5.40. The number of nitrogens with zero attached hydrogens (tertiary/aromatic N) is 2. The Morgan fingerprint density at radius 1 is 1.28 bits per heavy atom. The van der Waals surface area contributed by atoms with E-state index in [0.717, 1.165) is 38.0 Å². The van der Waals surface area contributed by atoms with Crippen molar-refractivity contribution in [3.63, 3.8) is 0 Å². The molecule has 2 fully saturated rings. The van der Waals surface area contributed by atoms with Gasteiger partial charge in [0.2, 0.25) is 5.91 Å². The van der Waals surface area contributed by atoms with Crippen LogP contribution in [0, 0.1) is 0 Å². The molecule has 2 amide bonds. The third-order valence-corrected chi connectivity index (χ3v) is 5.40. The Labute approximate surface area is 149 Å². The first-order valence-electron chi connectivity index (χ1n) is 8.98. The van der Waals surface area contributed by atoms with Gasteiger partial charge in [0, 0.05) is 50.4 Å². The van der Waals surface area contributed by atoms with Gasteiger partial charge in [-0.2, -0.15) is 0 Å². The van der Waals surface area contributed by atoms with Crippen LogP contribution < -0.4 is 15.5 Å². The molecule has 25 heavy (non-hydrogen) atoms. The van der Waals surface area contributed by atoms with Crippen molar-refractivity contribution in [3.05, 3.63) is 29.8 Å². The Hall–Kier alpha value is -2.08. The first kappa shape index (κ1) is 17.7. The maximum Gasteiger partial charge on any atom is 0.254 e. The van der Waals surface area contributed by atoms with Gasteiger partial charge in [-0.3, -0.25) is 9.59 Å². The number of rotatable bonds is 3. The fourth-order valence-electron chi connectivity index (χ4n) is 4.17. The smallest absolute Gasteiger partial charge is 0.254 e. The highest BCUT2D eigenvalue weighted by Crippen LogP contribution is 2.38. The molecule has 2 heterocycles. The minimum Gasteiger partial charge on any atom is -0.378 e. The summed E-state index contributed by atoms with van der Waals surface area (Å²) in [6.07, 6.45) is 2.71. The molecule has 2 aliphatic heterocycles. The summed E-state index contributed by atoms with van der Waals surface area (Å²) in [5, 5.41) is 6.40. The van der Waals surface area contributed by atoms with E-state index in [2.05, 4.69) is 10.6 Å². The van der Waals surface area contributed by atoms with E-state index in [-0.39, 0.29) is 23.4 Å². The first-order chi connectivity index (χ1) is 11.9. The highest BCUT2D eigenvalue weighted by molar-refractivity contribution is 5.96.